The van der Waals surface area contributed by atoms with E-state index >= 15 is 0 Å². The molecule has 7 nitrogen and oxygen atoms in total. The summed E-state index contributed by atoms with van der Waals surface area (Å²) in [5, 5.41) is 8.88. The second-order valence-electron chi connectivity index (χ2n) is 8.90. The van der Waals surface area contributed by atoms with Gasteiger partial charge >= 0.3 is 0 Å². The molecule has 5 rings (SSSR count). The predicted molar refractivity (Wildman–Crippen MR) is 132 cm³/mol. The Balaban J connectivity index is 1.19. The van der Waals surface area contributed by atoms with Gasteiger partial charge in [-0.1, -0.05) is 23.0 Å². The number of fused-ring (bicyclic) bond motifs is 1. The largest absolute Gasteiger partial charge is 0.497 e. The number of carbonyl (C=O) groups is 1. The summed E-state index contributed by atoms with van der Waals surface area (Å²) in [4.78, 5) is 20.6. The number of piperidine rings is 1. The van der Waals surface area contributed by atoms with E-state index in [1.54, 1.807) is 18.4 Å². The summed E-state index contributed by atoms with van der Waals surface area (Å²) in [6.45, 7) is 2.40. The van der Waals surface area contributed by atoms with Crippen molar-refractivity contribution in [2.75, 3.05) is 31.6 Å². The molecule has 33 heavy (non-hydrogen) atoms. The van der Waals surface area contributed by atoms with Crippen LogP contribution >= 0.6 is 11.3 Å². The maximum atomic E-state index is 12.8. The van der Waals surface area contributed by atoms with E-state index in [2.05, 4.69) is 16.3 Å². The Morgan fingerprint density at radius 1 is 1.24 bits per heavy atom. The minimum Gasteiger partial charge on any atom is -0.497 e. The number of anilines is 1. The highest BCUT2D eigenvalue weighted by Gasteiger charge is 2.27. The minimum atomic E-state index is 0.0187. The van der Waals surface area contributed by atoms with Crippen LogP contribution in [0, 0.1) is 5.92 Å². The molecule has 1 aromatic carbocycles. The molecule has 1 aliphatic heterocycles. The van der Waals surface area contributed by atoms with Gasteiger partial charge in [0.05, 0.1) is 24.9 Å². The monoisotopic (exact) mass is 465 g/mol. The van der Waals surface area contributed by atoms with E-state index in [9.17, 15) is 4.79 Å². The number of hydrogen-bond donors (Lipinski definition) is 1. The normalized spacial score (nSPS) is 18.9. The number of benzene rings is 1. The first-order valence-corrected chi connectivity index (χ1v) is 12.7. The number of imidazole rings is 1. The molecule has 2 aliphatic rings. The number of carbonyl (C=O) groups excluding carboxylic acids is 1. The Labute approximate surface area is 198 Å². The van der Waals surface area contributed by atoms with E-state index in [0.29, 0.717) is 0 Å². The van der Waals surface area contributed by atoms with Crippen LogP contribution in [0.15, 0.2) is 42.1 Å². The van der Waals surface area contributed by atoms with Crippen LogP contribution in [0.1, 0.15) is 44.9 Å². The number of nitrogens with zero attached hydrogens (tertiary/aromatic N) is 4. The van der Waals surface area contributed by atoms with Crippen LogP contribution in [-0.4, -0.2) is 47.2 Å². The molecule has 0 saturated carbocycles. The fraction of sp³-hybridized carbons (Fsp3) is 0.480. The van der Waals surface area contributed by atoms with E-state index in [0.717, 1.165) is 66.0 Å². The topological polar surface area (TPSA) is 71.8 Å². The van der Waals surface area contributed by atoms with Gasteiger partial charge < -0.3 is 15.0 Å². The number of methoxy groups -OCH3 is 1. The highest BCUT2D eigenvalue weighted by Crippen LogP contribution is 2.30. The Morgan fingerprint density at radius 3 is 2.88 bits per heavy atom. The molecule has 3 heterocycles. The fourth-order valence-electron chi connectivity index (χ4n) is 4.71. The zero-order chi connectivity index (χ0) is 22.6. The second-order valence-corrected chi connectivity index (χ2v) is 9.84. The zero-order valence-electron chi connectivity index (χ0n) is 19.1. The standard InChI is InChI=1S/C25H31N5O2S/c1-32-21-11-9-19(10-12-21)22-17-30-24(27-22)33-25(28-30)29-15-5-8-20(16-29)23(31)26-14-13-18-6-3-2-4-7-18/h6,9-12,17,20H,2-5,7-8,13-16H2,1H3,(H,26,31). The predicted octanol–water partition coefficient (Wildman–Crippen LogP) is 4.69. The van der Waals surface area contributed by atoms with E-state index < -0.39 is 0 Å². The van der Waals surface area contributed by atoms with E-state index in [1.807, 2.05) is 35.0 Å². The molecule has 1 amide bonds. The van der Waals surface area contributed by atoms with Gasteiger partial charge in [0.1, 0.15) is 5.75 Å². The van der Waals surface area contributed by atoms with Crippen LogP contribution in [0.5, 0.6) is 5.75 Å². The summed E-state index contributed by atoms with van der Waals surface area (Å²) < 4.78 is 7.08. The average molecular weight is 466 g/mol. The lowest BCUT2D eigenvalue weighted by Crippen LogP contribution is -2.43. The number of amides is 1. The van der Waals surface area contributed by atoms with Crippen molar-refractivity contribution in [1.82, 2.24) is 19.9 Å². The average Bonchev–Trinajstić information content (AvgIpc) is 3.45. The lowest BCUT2D eigenvalue weighted by Gasteiger charge is -2.31. The Bertz CT molecular complexity index is 1100. The molecule has 2 aromatic heterocycles. The summed E-state index contributed by atoms with van der Waals surface area (Å²) in [6.07, 6.45) is 12.2. The van der Waals surface area contributed by atoms with Crippen LogP contribution in [0.4, 0.5) is 5.13 Å². The minimum absolute atomic E-state index is 0.0187. The van der Waals surface area contributed by atoms with Gasteiger partial charge in [-0.15, -0.1) is 5.10 Å². The van der Waals surface area contributed by atoms with Crippen molar-refractivity contribution >= 4 is 27.3 Å². The Morgan fingerprint density at radius 2 is 2.12 bits per heavy atom. The molecular weight excluding hydrogens is 434 g/mol. The highest BCUT2D eigenvalue weighted by molar-refractivity contribution is 7.20. The molecule has 1 atom stereocenters. The van der Waals surface area contributed by atoms with E-state index in [-0.39, 0.29) is 11.8 Å². The van der Waals surface area contributed by atoms with Crippen LogP contribution in [0.25, 0.3) is 16.2 Å². The molecule has 1 fully saturated rings. The van der Waals surface area contributed by atoms with Gasteiger partial charge in [0.2, 0.25) is 16.0 Å². The SMILES string of the molecule is COc1ccc(-c2cn3nc(N4CCCC(C(=O)NCCC5=CCCCC5)C4)sc3n2)cc1. The van der Waals surface area contributed by atoms with Crippen molar-refractivity contribution in [1.29, 1.82) is 0 Å². The molecule has 8 heteroatoms. The molecule has 1 N–H and O–H groups in total. The Hall–Kier alpha value is -2.87. The molecule has 1 aliphatic carbocycles. The Kier molecular flexibility index (Phi) is 6.62. The van der Waals surface area contributed by atoms with Crippen LogP contribution in [0.3, 0.4) is 0 Å². The van der Waals surface area contributed by atoms with Gasteiger partial charge in [0.15, 0.2) is 0 Å². The molecule has 0 radical (unpaired) electrons. The molecule has 174 valence electrons. The van der Waals surface area contributed by atoms with Crippen molar-refractivity contribution in [2.24, 2.45) is 5.92 Å². The van der Waals surface area contributed by atoms with Crippen molar-refractivity contribution in [3.05, 3.63) is 42.1 Å². The highest BCUT2D eigenvalue weighted by atomic mass is 32.1. The summed E-state index contributed by atoms with van der Waals surface area (Å²) >= 11 is 1.58. The van der Waals surface area contributed by atoms with Gasteiger partial charge in [-0.3, -0.25) is 4.79 Å². The number of nitrogens with one attached hydrogen (secondary N) is 1. The van der Waals surface area contributed by atoms with Crippen LogP contribution in [-0.2, 0) is 4.79 Å². The second kappa shape index (κ2) is 9.95. The number of aromatic nitrogens is 3. The smallest absolute Gasteiger partial charge is 0.224 e. The van der Waals surface area contributed by atoms with Gasteiger partial charge in [0.25, 0.3) is 0 Å². The third-order valence-corrected chi connectivity index (χ3v) is 7.59. The van der Waals surface area contributed by atoms with E-state index in [1.165, 1.54) is 31.3 Å². The molecule has 1 saturated heterocycles. The first-order valence-electron chi connectivity index (χ1n) is 11.9. The fourth-order valence-corrected chi connectivity index (χ4v) is 5.62. The van der Waals surface area contributed by atoms with Crippen molar-refractivity contribution < 1.29 is 9.53 Å². The maximum absolute atomic E-state index is 12.8. The summed E-state index contributed by atoms with van der Waals surface area (Å²) in [5.41, 5.74) is 3.44. The van der Waals surface area contributed by atoms with E-state index in [4.69, 9.17) is 14.8 Å². The van der Waals surface area contributed by atoms with Gasteiger partial charge in [0, 0.05) is 25.2 Å². The van der Waals surface area contributed by atoms with Gasteiger partial charge in [-0.05, 0) is 69.2 Å². The quantitative estimate of drug-likeness (QED) is 0.513. The number of hydrogen-bond acceptors (Lipinski definition) is 6. The summed E-state index contributed by atoms with van der Waals surface area (Å²) in [6, 6.07) is 7.88. The van der Waals surface area contributed by atoms with Crippen molar-refractivity contribution in [3.63, 3.8) is 0 Å². The molecule has 1 unspecified atom stereocenters. The third-order valence-electron chi connectivity index (χ3n) is 6.61. The first-order chi connectivity index (χ1) is 16.2. The molecule has 0 bridgehead atoms. The number of ether oxygens (including phenoxy) is 1. The molecule has 0 spiro atoms. The van der Waals surface area contributed by atoms with Gasteiger partial charge in [-0.2, -0.15) is 0 Å². The first kappa shape index (κ1) is 21.9. The lowest BCUT2D eigenvalue weighted by atomic mass is 9.96. The maximum Gasteiger partial charge on any atom is 0.224 e. The lowest BCUT2D eigenvalue weighted by molar-refractivity contribution is -0.125. The summed E-state index contributed by atoms with van der Waals surface area (Å²) in [5.74, 6) is 1.03. The van der Waals surface area contributed by atoms with Crippen molar-refractivity contribution in [3.8, 4) is 17.0 Å². The van der Waals surface area contributed by atoms with Crippen LogP contribution in [0.2, 0.25) is 0 Å². The number of allylic oxidation sites excluding steroid dienone is 1. The molecular formula is C25H31N5O2S. The third kappa shape index (κ3) is 5.05. The van der Waals surface area contributed by atoms with Crippen molar-refractivity contribution in [2.45, 2.75) is 44.9 Å². The van der Waals surface area contributed by atoms with Crippen LogP contribution < -0.4 is 15.0 Å². The zero-order valence-corrected chi connectivity index (χ0v) is 19.9. The summed E-state index contributed by atoms with van der Waals surface area (Å²) in [7, 11) is 1.66. The molecule has 3 aromatic rings. The number of rotatable bonds is 7. The van der Waals surface area contributed by atoms with Gasteiger partial charge in [-0.25, -0.2) is 9.50 Å².